The molecule has 1 N–H and O–H groups in total. The molecule has 7 rings (SSSR count). The van der Waals surface area contributed by atoms with E-state index in [1.807, 2.05) is 18.3 Å². The number of aromatic hydroxyl groups is 1. The highest BCUT2D eigenvalue weighted by molar-refractivity contribution is 5.83. The van der Waals surface area contributed by atoms with Crippen LogP contribution in [0, 0.1) is 5.92 Å². The van der Waals surface area contributed by atoms with Crippen LogP contribution >= 0.6 is 0 Å². The molecule has 0 radical (unpaired) electrons. The monoisotopic (exact) mass is 310 g/mol. The van der Waals surface area contributed by atoms with Crippen LogP contribution in [0.1, 0.15) is 37.9 Å². The minimum Gasteiger partial charge on any atom is -0.508 e. The molecule has 1 aromatic carbocycles. The van der Waals surface area contributed by atoms with Gasteiger partial charge in [-0.1, -0.05) is 6.92 Å². The van der Waals surface area contributed by atoms with E-state index in [1.54, 1.807) is 6.07 Å². The van der Waals surface area contributed by atoms with Crippen molar-refractivity contribution in [1.82, 2.24) is 9.88 Å². The van der Waals surface area contributed by atoms with Gasteiger partial charge in [-0.25, -0.2) is 0 Å². The highest BCUT2D eigenvalue weighted by atomic mass is 16.5. The summed E-state index contributed by atoms with van der Waals surface area (Å²) in [6.45, 7) is 4.55. The van der Waals surface area contributed by atoms with Crippen molar-refractivity contribution in [2.45, 2.75) is 43.9 Å². The summed E-state index contributed by atoms with van der Waals surface area (Å²) in [6, 6.07) is 7.96. The Bertz CT molecular complexity index is 777. The van der Waals surface area contributed by atoms with E-state index in [2.05, 4.69) is 22.9 Å². The van der Waals surface area contributed by atoms with Gasteiger partial charge in [0.15, 0.2) is 0 Å². The second-order valence-electron chi connectivity index (χ2n) is 7.32. The second kappa shape index (κ2) is 4.68. The van der Waals surface area contributed by atoms with E-state index in [1.165, 1.54) is 24.9 Å². The molecular formula is C19H22N2O2. The SMILES string of the molecule is CC[C@]12CN3CCC1C[C@@H]3[C@H](c1ccnc3ccc(O)cc13)O2. The van der Waals surface area contributed by atoms with Crippen molar-refractivity contribution in [1.29, 1.82) is 0 Å². The minimum absolute atomic E-state index is 0.0179. The Kier molecular flexibility index (Phi) is 2.80. The van der Waals surface area contributed by atoms with Crippen LogP contribution in [0.15, 0.2) is 30.5 Å². The zero-order valence-electron chi connectivity index (χ0n) is 13.4. The van der Waals surface area contributed by atoms with Gasteiger partial charge < -0.3 is 9.84 Å². The Hall–Kier alpha value is -1.65. The Labute approximate surface area is 136 Å². The van der Waals surface area contributed by atoms with Crippen molar-refractivity contribution in [3.05, 3.63) is 36.0 Å². The average molecular weight is 310 g/mol. The summed E-state index contributed by atoms with van der Waals surface area (Å²) >= 11 is 0. The molecule has 120 valence electrons. The number of rotatable bonds is 2. The largest absolute Gasteiger partial charge is 0.508 e. The van der Waals surface area contributed by atoms with E-state index in [9.17, 15) is 5.11 Å². The van der Waals surface area contributed by atoms with E-state index in [0.717, 1.165) is 23.9 Å². The third-order valence-corrected chi connectivity index (χ3v) is 6.35. The summed E-state index contributed by atoms with van der Waals surface area (Å²) in [7, 11) is 0. The third kappa shape index (κ3) is 1.82. The number of aromatic nitrogens is 1. The highest BCUT2D eigenvalue weighted by Crippen LogP contribution is 2.54. The van der Waals surface area contributed by atoms with E-state index in [4.69, 9.17) is 4.74 Å². The number of phenolic OH excluding ortho intramolecular Hbond substituents is 1. The van der Waals surface area contributed by atoms with Crippen molar-refractivity contribution in [2.24, 2.45) is 5.92 Å². The van der Waals surface area contributed by atoms with Gasteiger partial charge in [0.05, 0.1) is 17.2 Å². The van der Waals surface area contributed by atoms with Crippen LogP contribution in [0.25, 0.3) is 10.9 Å². The summed E-state index contributed by atoms with van der Waals surface area (Å²) in [6.07, 6.45) is 5.54. The second-order valence-corrected chi connectivity index (χ2v) is 7.32. The lowest BCUT2D eigenvalue weighted by molar-refractivity contribution is -0.274. The molecule has 5 fully saturated rings. The van der Waals surface area contributed by atoms with Crippen LogP contribution in [-0.4, -0.2) is 39.7 Å². The van der Waals surface area contributed by atoms with Gasteiger partial charge in [0, 0.05) is 24.2 Å². The fourth-order valence-electron chi connectivity index (χ4n) is 5.13. The van der Waals surface area contributed by atoms with Crippen LogP contribution < -0.4 is 0 Å². The zero-order chi connectivity index (χ0) is 15.6. The van der Waals surface area contributed by atoms with Gasteiger partial charge in [0.25, 0.3) is 0 Å². The highest BCUT2D eigenvalue weighted by Gasteiger charge is 2.58. The molecule has 5 aliphatic heterocycles. The molecule has 0 amide bonds. The molecule has 4 bridgehead atoms. The summed E-state index contributed by atoms with van der Waals surface area (Å²) < 4.78 is 6.74. The summed E-state index contributed by atoms with van der Waals surface area (Å²) in [5.74, 6) is 1.00. The molecule has 0 saturated carbocycles. The fraction of sp³-hybridized carbons (Fsp3) is 0.526. The first kappa shape index (κ1) is 13.8. The van der Waals surface area contributed by atoms with Gasteiger partial charge in [-0.3, -0.25) is 9.88 Å². The van der Waals surface area contributed by atoms with Gasteiger partial charge in [-0.15, -0.1) is 0 Å². The van der Waals surface area contributed by atoms with Crippen LogP contribution in [0.3, 0.4) is 0 Å². The molecule has 4 heteroatoms. The van der Waals surface area contributed by atoms with Gasteiger partial charge in [-0.2, -0.15) is 0 Å². The number of piperidine rings is 3. The van der Waals surface area contributed by atoms with Crippen molar-refractivity contribution in [2.75, 3.05) is 13.1 Å². The van der Waals surface area contributed by atoms with Crippen LogP contribution in [-0.2, 0) is 4.74 Å². The summed E-state index contributed by atoms with van der Waals surface area (Å²) in [5.41, 5.74) is 2.12. The maximum absolute atomic E-state index is 9.91. The van der Waals surface area contributed by atoms with Crippen molar-refractivity contribution in [3.8, 4) is 5.75 Å². The Morgan fingerprint density at radius 3 is 3.09 bits per heavy atom. The molecular weight excluding hydrogens is 288 g/mol. The predicted octanol–water partition coefficient (Wildman–Crippen LogP) is 3.25. The van der Waals surface area contributed by atoms with Gasteiger partial charge in [0.2, 0.25) is 0 Å². The number of hydrogen-bond acceptors (Lipinski definition) is 4. The number of benzene rings is 1. The third-order valence-electron chi connectivity index (χ3n) is 6.35. The number of phenols is 1. The Balaban J connectivity index is 1.64. The molecule has 1 aromatic heterocycles. The topological polar surface area (TPSA) is 45.6 Å². The summed E-state index contributed by atoms with van der Waals surface area (Å²) in [5, 5.41) is 10.9. The van der Waals surface area contributed by atoms with Gasteiger partial charge in [-0.05, 0) is 61.6 Å². The first-order chi connectivity index (χ1) is 11.2. The lowest BCUT2D eigenvalue weighted by Gasteiger charge is -2.64. The molecule has 23 heavy (non-hydrogen) atoms. The van der Waals surface area contributed by atoms with Crippen molar-refractivity contribution >= 4 is 10.9 Å². The molecule has 2 unspecified atom stereocenters. The normalized spacial score (nSPS) is 38.3. The summed E-state index contributed by atoms with van der Waals surface area (Å²) in [4.78, 5) is 7.08. The van der Waals surface area contributed by atoms with E-state index < -0.39 is 0 Å². The Morgan fingerprint density at radius 2 is 2.30 bits per heavy atom. The Morgan fingerprint density at radius 1 is 1.39 bits per heavy atom. The van der Waals surface area contributed by atoms with Gasteiger partial charge in [0.1, 0.15) is 5.75 Å². The minimum atomic E-state index is 0.0179. The van der Waals surface area contributed by atoms with Crippen LogP contribution in [0.2, 0.25) is 0 Å². The first-order valence-electron chi connectivity index (χ1n) is 8.70. The molecule has 5 saturated heterocycles. The molecule has 5 aliphatic rings. The number of pyridine rings is 1. The van der Waals surface area contributed by atoms with Gasteiger partial charge >= 0.3 is 0 Å². The lowest BCUT2D eigenvalue weighted by Crippen LogP contribution is -2.70. The lowest BCUT2D eigenvalue weighted by atomic mass is 9.66. The average Bonchev–Trinajstić information content (AvgIpc) is 2.61. The maximum atomic E-state index is 9.91. The standard InChI is InChI=1S/C19H22N2O2/c1-2-19-11-21-8-6-12(19)9-17(21)18(23-19)14-5-7-20-16-4-3-13(22)10-15(14)16/h3-5,7,10,12,17-18,22H,2,6,8-9,11H2,1H3/t12?,17-,18+,19+/m1/s1. The van der Waals surface area contributed by atoms with Crippen molar-refractivity contribution in [3.63, 3.8) is 0 Å². The van der Waals surface area contributed by atoms with E-state index >= 15 is 0 Å². The molecule has 2 aromatic rings. The maximum Gasteiger partial charge on any atom is 0.116 e. The van der Waals surface area contributed by atoms with Crippen LogP contribution in [0.5, 0.6) is 5.75 Å². The number of nitrogens with zero attached hydrogens (tertiary/aromatic N) is 2. The van der Waals surface area contributed by atoms with Crippen LogP contribution in [0.4, 0.5) is 0 Å². The zero-order valence-corrected chi connectivity index (χ0v) is 13.4. The number of fused-ring (bicyclic) bond motifs is 3. The number of morpholine rings is 1. The molecule has 0 spiro atoms. The fourth-order valence-corrected chi connectivity index (χ4v) is 5.13. The quantitative estimate of drug-likeness (QED) is 0.925. The predicted molar refractivity (Wildman–Crippen MR) is 88.3 cm³/mol. The molecule has 5 atom stereocenters. The van der Waals surface area contributed by atoms with E-state index in [0.29, 0.717) is 17.7 Å². The number of ether oxygens (including phenoxy) is 1. The molecule has 0 aliphatic carbocycles. The van der Waals surface area contributed by atoms with Crippen molar-refractivity contribution < 1.29 is 9.84 Å². The van der Waals surface area contributed by atoms with E-state index in [-0.39, 0.29) is 11.7 Å². The molecule has 4 nitrogen and oxygen atoms in total. The molecule has 6 heterocycles. The first-order valence-corrected chi connectivity index (χ1v) is 8.70. The number of hydrogen-bond donors (Lipinski definition) is 1. The smallest absolute Gasteiger partial charge is 0.116 e.